The molecule has 2 heterocycles. The van der Waals surface area contributed by atoms with E-state index < -0.39 is 0 Å². The number of nitrogens with zero attached hydrogens (tertiary/aromatic N) is 2. The molecule has 2 N–H and O–H groups in total. The lowest BCUT2D eigenvalue weighted by Gasteiger charge is -2.26. The van der Waals surface area contributed by atoms with E-state index in [9.17, 15) is 4.79 Å². The van der Waals surface area contributed by atoms with Crippen molar-refractivity contribution in [3.8, 4) is 17.1 Å². The maximum Gasteiger partial charge on any atom is 0.265 e. The van der Waals surface area contributed by atoms with Crippen LogP contribution in [0.2, 0.25) is 0 Å². The van der Waals surface area contributed by atoms with Crippen LogP contribution >= 0.6 is 15.9 Å². The maximum atomic E-state index is 12.7. The van der Waals surface area contributed by atoms with E-state index >= 15 is 0 Å². The second-order valence-electron chi connectivity index (χ2n) is 7.49. The fourth-order valence-electron chi connectivity index (χ4n) is 3.74. The number of hydrazine groups is 1. The summed E-state index contributed by atoms with van der Waals surface area (Å²) in [5.41, 5.74) is 8.60. The zero-order valence-electron chi connectivity index (χ0n) is 16.9. The number of ether oxygens (including phenoxy) is 1. The third kappa shape index (κ3) is 3.89. The Morgan fingerprint density at radius 3 is 2.66 bits per heavy atom. The molecule has 0 spiro atoms. The van der Waals surface area contributed by atoms with Gasteiger partial charge in [0.15, 0.2) is 0 Å². The highest BCUT2D eigenvalue weighted by Crippen LogP contribution is 2.33. The molecule has 0 radical (unpaired) electrons. The Morgan fingerprint density at radius 1 is 1.17 bits per heavy atom. The first kappa shape index (κ1) is 19.9. The highest BCUT2D eigenvalue weighted by molar-refractivity contribution is 9.10. The molecule has 0 aliphatic carbocycles. The van der Waals surface area contributed by atoms with E-state index in [0.717, 1.165) is 58.4 Å². The molecule has 1 aliphatic rings. The summed E-state index contributed by atoms with van der Waals surface area (Å²) in [4.78, 5) is 20.8. The van der Waals surface area contributed by atoms with Crippen LogP contribution in [0.3, 0.4) is 0 Å². The Labute approximate surface area is 178 Å². The summed E-state index contributed by atoms with van der Waals surface area (Å²) in [6.45, 7) is 5.93. The number of fused-ring (bicyclic) bond motifs is 1. The summed E-state index contributed by atoms with van der Waals surface area (Å²) < 4.78 is 6.64. The minimum absolute atomic E-state index is 0.114. The Balaban J connectivity index is 1.65. The van der Waals surface area contributed by atoms with Gasteiger partial charge in [-0.25, -0.2) is 9.99 Å². The number of nitrogens with one attached hydrogen (secondary N) is 2. The molecule has 0 atom stereocenters. The molecule has 4 rings (SSSR count). The number of rotatable bonds is 4. The van der Waals surface area contributed by atoms with Crippen LogP contribution in [0.4, 0.5) is 0 Å². The number of hydrogen-bond donors (Lipinski definition) is 2. The number of methoxy groups -OCH3 is 1. The van der Waals surface area contributed by atoms with Gasteiger partial charge in [0.2, 0.25) is 0 Å². The smallest absolute Gasteiger partial charge is 0.265 e. The molecule has 152 valence electrons. The lowest BCUT2D eigenvalue weighted by atomic mass is 10.1. The number of aromatic amines is 1. The molecule has 1 saturated heterocycles. The van der Waals surface area contributed by atoms with Gasteiger partial charge in [0, 0.05) is 23.1 Å². The molecule has 1 amide bonds. The standard InChI is InChI=1S/C22H25BrN4O2/c1-13-14(2)20-18(12-17(13)23)24-21(25-20)16-8-7-15(11-19(16)29-3)22(28)26-27-9-5-4-6-10-27/h7-8,11-12H,4-6,9-10H2,1-3H3,(H,24,25)(H,26,28). The van der Waals surface area contributed by atoms with Crippen molar-refractivity contribution >= 4 is 32.9 Å². The lowest BCUT2D eigenvalue weighted by Crippen LogP contribution is -2.45. The van der Waals surface area contributed by atoms with Crippen LogP contribution in [-0.4, -0.2) is 41.1 Å². The predicted octanol–water partition coefficient (Wildman–Crippen LogP) is 4.75. The first-order chi connectivity index (χ1) is 14.0. The normalized spacial score (nSPS) is 14.9. The molecule has 7 heteroatoms. The highest BCUT2D eigenvalue weighted by atomic mass is 79.9. The van der Waals surface area contributed by atoms with Gasteiger partial charge < -0.3 is 9.72 Å². The number of amides is 1. The van der Waals surface area contributed by atoms with Crippen LogP contribution in [0.5, 0.6) is 5.75 Å². The largest absolute Gasteiger partial charge is 0.496 e. The molecule has 29 heavy (non-hydrogen) atoms. The van der Waals surface area contributed by atoms with E-state index in [1.807, 2.05) is 23.2 Å². The van der Waals surface area contributed by atoms with Gasteiger partial charge in [-0.1, -0.05) is 22.4 Å². The summed E-state index contributed by atoms with van der Waals surface area (Å²) in [7, 11) is 1.61. The molecular formula is C22H25BrN4O2. The maximum absolute atomic E-state index is 12.7. The predicted molar refractivity (Wildman–Crippen MR) is 118 cm³/mol. The summed E-state index contributed by atoms with van der Waals surface area (Å²) in [5, 5.41) is 1.99. The van der Waals surface area contributed by atoms with Crippen LogP contribution in [0, 0.1) is 13.8 Å². The number of aromatic nitrogens is 2. The van der Waals surface area contributed by atoms with Crippen molar-refractivity contribution < 1.29 is 9.53 Å². The van der Waals surface area contributed by atoms with Crippen LogP contribution < -0.4 is 10.2 Å². The van der Waals surface area contributed by atoms with Crippen molar-refractivity contribution in [3.63, 3.8) is 0 Å². The second-order valence-corrected chi connectivity index (χ2v) is 8.35. The van der Waals surface area contributed by atoms with Crippen molar-refractivity contribution in [2.24, 2.45) is 0 Å². The van der Waals surface area contributed by atoms with Gasteiger partial charge in [0.25, 0.3) is 5.91 Å². The minimum Gasteiger partial charge on any atom is -0.496 e. The van der Waals surface area contributed by atoms with E-state index in [4.69, 9.17) is 9.72 Å². The van der Waals surface area contributed by atoms with Crippen LogP contribution in [-0.2, 0) is 0 Å². The van der Waals surface area contributed by atoms with Crippen LogP contribution in [0.1, 0.15) is 40.7 Å². The topological polar surface area (TPSA) is 70.2 Å². The van der Waals surface area contributed by atoms with Gasteiger partial charge >= 0.3 is 0 Å². The van der Waals surface area contributed by atoms with Gasteiger partial charge in [-0.15, -0.1) is 0 Å². The van der Waals surface area contributed by atoms with E-state index in [1.165, 1.54) is 12.0 Å². The van der Waals surface area contributed by atoms with Crippen molar-refractivity contribution in [3.05, 3.63) is 45.4 Å². The van der Waals surface area contributed by atoms with Crippen molar-refractivity contribution in [1.29, 1.82) is 0 Å². The summed E-state index contributed by atoms with van der Waals surface area (Å²) >= 11 is 3.61. The number of carbonyl (C=O) groups is 1. The Kier molecular flexibility index (Phi) is 5.61. The number of halogens is 1. The fraction of sp³-hybridized carbons (Fsp3) is 0.364. The first-order valence-corrected chi connectivity index (χ1v) is 10.7. The Bertz CT molecular complexity index is 1070. The minimum atomic E-state index is -0.114. The SMILES string of the molecule is COc1cc(C(=O)NN2CCCCC2)ccc1-c1nc2c(C)c(C)c(Br)cc2[nH]1. The van der Waals surface area contributed by atoms with Gasteiger partial charge in [-0.3, -0.25) is 10.2 Å². The fourth-order valence-corrected chi connectivity index (χ4v) is 4.26. The second kappa shape index (κ2) is 8.16. The number of carbonyl (C=O) groups excluding carboxylic acids is 1. The number of piperidine rings is 1. The molecule has 3 aromatic rings. The van der Waals surface area contributed by atoms with Crippen molar-refractivity contribution in [1.82, 2.24) is 20.4 Å². The van der Waals surface area contributed by atoms with Crippen LogP contribution in [0.15, 0.2) is 28.7 Å². The Hall–Kier alpha value is -2.38. The molecule has 6 nitrogen and oxygen atoms in total. The zero-order valence-corrected chi connectivity index (χ0v) is 18.5. The molecule has 1 aliphatic heterocycles. The number of hydrogen-bond acceptors (Lipinski definition) is 4. The monoisotopic (exact) mass is 456 g/mol. The average molecular weight is 457 g/mol. The number of H-pyrrole nitrogens is 1. The summed E-state index contributed by atoms with van der Waals surface area (Å²) in [6.07, 6.45) is 3.45. The van der Waals surface area contributed by atoms with E-state index in [1.54, 1.807) is 13.2 Å². The third-order valence-corrected chi connectivity index (χ3v) is 6.44. The van der Waals surface area contributed by atoms with Gasteiger partial charge in [-0.2, -0.15) is 0 Å². The average Bonchev–Trinajstić information content (AvgIpc) is 3.16. The lowest BCUT2D eigenvalue weighted by molar-refractivity contribution is 0.0750. The van der Waals surface area contributed by atoms with Gasteiger partial charge in [-0.05, 0) is 62.1 Å². The molecule has 2 aromatic carbocycles. The number of benzene rings is 2. The Morgan fingerprint density at radius 2 is 1.93 bits per heavy atom. The van der Waals surface area contributed by atoms with E-state index in [0.29, 0.717) is 11.3 Å². The quantitative estimate of drug-likeness (QED) is 0.594. The zero-order chi connectivity index (χ0) is 20.5. The van der Waals surface area contributed by atoms with Crippen molar-refractivity contribution in [2.75, 3.05) is 20.2 Å². The van der Waals surface area contributed by atoms with Gasteiger partial charge in [0.1, 0.15) is 11.6 Å². The van der Waals surface area contributed by atoms with E-state index in [2.05, 4.69) is 40.2 Å². The first-order valence-electron chi connectivity index (χ1n) is 9.87. The van der Waals surface area contributed by atoms with Gasteiger partial charge in [0.05, 0.1) is 23.7 Å². The molecule has 0 bridgehead atoms. The van der Waals surface area contributed by atoms with E-state index in [-0.39, 0.29) is 5.91 Å². The highest BCUT2D eigenvalue weighted by Gasteiger charge is 2.18. The van der Waals surface area contributed by atoms with Crippen molar-refractivity contribution in [2.45, 2.75) is 33.1 Å². The third-order valence-electron chi connectivity index (χ3n) is 5.61. The molecule has 1 aromatic heterocycles. The molecule has 0 saturated carbocycles. The number of imidazole rings is 1. The number of aryl methyl sites for hydroxylation is 1. The summed E-state index contributed by atoms with van der Waals surface area (Å²) in [6, 6.07) is 7.52. The van der Waals surface area contributed by atoms with Crippen LogP contribution in [0.25, 0.3) is 22.4 Å². The molecule has 0 unspecified atom stereocenters. The summed E-state index contributed by atoms with van der Waals surface area (Å²) in [5.74, 6) is 1.22. The molecule has 1 fully saturated rings. The molecular weight excluding hydrogens is 432 g/mol.